The van der Waals surface area contributed by atoms with Gasteiger partial charge in [0.25, 0.3) is 5.91 Å². The number of aryl methyl sites for hydroxylation is 1. The van der Waals surface area contributed by atoms with Gasteiger partial charge in [0.2, 0.25) is 5.78 Å². The summed E-state index contributed by atoms with van der Waals surface area (Å²) in [5.41, 5.74) is 3.10. The number of rotatable bonds is 6. The van der Waals surface area contributed by atoms with Gasteiger partial charge >= 0.3 is 5.97 Å². The lowest BCUT2D eigenvalue weighted by Crippen LogP contribution is -2.39. The zero-order valence-electron chi connectivity index (χ0n) is 15.9. The second-order valence-electron chi connectivity index (χ2n) is 7.27. The first-order chi connectivity index (χ1) is 13.4. The van der Waals surface area contributed by atoms with E-state index in [1.165, 1.54) is 0 Å². The summed E-state index contributed by atoms with van der Waals surface area (Å²) in [6.45, 7) is 3.54. The van der Waals surface area contributed by atoms with Crippen LogP contribution in [0.1, 0.15) is 47.1 Å². The van der Waals surface area contributed by atoms with Gasteiger partial charge in [-0.2, -0.15) is 0 Å². The molecule has 1 saturated carbocycles. The summed E-state index contributed by atoms with van der Waals surface area (Å²) in [5.74, 6) is -0.796. The zero-order chi connectivity index (χ0) is 19.8. The van der Waals surface area contributed by atoms with Gasteiger partial charge in [-0.25, -0.2) is 0 Å². The fourth-order valence-electron chi connectivity index (χ4n) is 3.62. The first kappa shape index (κ1) is 18.3. The van der Waals surface area contributed by atoms with Gasteiger partial charge in [-0.05, 0) is 44.9 Å². The molecule has 1 N–H and O–H groups in total. The minimum absolute atomic E-state index is 0.243. The number of carbonyl (C=O) groups is 3. The van der Waals surface area contributed by atoms with E-state index < -0.39 is 18.0 Å². The summed E-state index contributed by atoms with van der Waals surface area (Å²) in [6.07, 6.45) is 1.03. The molecule has 0 radical (unpaired) electrons. The van der Waals surface area contributed by atoms with Crippen molar-refractivity contribution in [3.8, 4) is 5.75 Å². The Morgan fingerprint density at radius 3 is 2.75 bits per heavy atom. The van der Waals surface area contributed by atoms with E-state index >= 15 is 0 Å². The molecule has 7 nitrogen and oxygen atoms in total. The smallest absolute Gasteiger partial charge is 0.310 e. The average molecular weight is 382 g/mol. The van der Waals surface area contributed by atoms with Crippen LogP contribution in [-0.4, -0.2) is 34.9 Å². The van der Waals surface area contributed by atoms with Crippen LogP contribution in [-0.2, 0) is 14.3 Å². The zero-order valence-corrected chi connectivity index (χ0v) is 15.9. The molecule has 0 unspecified atom stereocenters. The van der Waals surface area contributed by atoms with Crippen LogP contribution < -0.4 is 10.1 Å². The fraction of sp³-hybridized carbons (Fsp3) is 0.381. The number of nitrogens with zero attached hydrogens (tertiary/aromatic N) is 1. The predicted octanol–water partition coefficient (Wildman–Crippen LogP) is 2.96. The van der Waals surface area contributed by atoms with Crippen LogP contribution >= 0.6 is 0 Å². The number of esters is 1. The number of hydrogen-bond acceptors (Lipinski definition) is 5. The van der Waals surface area contributed by atoms with Crippen molar-refractivity contribution in [1.29, 1.82) is 0 Å². The number of aromatic nitrogens is 1. The lowest BCUT2D eigenvalue weighted by atomic mass is 10.1. The molecule has 1 aliphatic carbocycles. The Labute approximate surface area is 162 Å². The number of anilines is 1. The van der Waals surface area contributed by atoms with Crippen molar-refractivity contribution < 1.29 is 23.9 Å². The number of ether oxygens (including phenoxy) is 2. The Bertz CT molecular complexity index is 958. The molecule has 0 spiro atoms. The fourth-order valence-corrected chi connectivity index (χ4v) is 3.62. The molecule has 0 saturated heterocycles. The van der Waals surface area contributed by atoms with Gasteiger partial charge in [-0.1, -0.05) is 12.1 Å². The first-order valence-corrected chi connectivity index (χ1v) is 9.38. The monoisotopic (exact) mass is 382 g/mol. The van der Waals surface area contributed by atoms with Gasteiger partial charge in [0, 0.05) is 23.0 Å². The number of Topliss-reactive ketones (excluding diaryl/α,β-unsaturated/α-hetero) is 1. The molecule has 146 valence electrons. The number of nitrogens with one attached hydrogen (secondary N) is 1. The van der Waals surface area contributed by atoms with E-state index in [1.807, 2.05) is 19.9 Å². The lowest BCUT2D eigenvalue weighted by molar-refractivity contribution is -0.146. The maximum absolute atomic E-state index is 12.5. The minimum Gasteiger partial charge on any atom is -0.478 e. The summed E-state index contributed by atoms with van der Waals surface area (Å²) in [4.78, 5) is 36.7. The molecule has 1 fully saturated rings. The molecule has 7 heteroatoms. The van der Waals surface area contributed by atoms with Crippen LogP contribution in [0.15, 0.2) is 30.3 Å². The van der Waals surface area contributed by atoms with Gasteiger partial charge in [0.05, 0.1) is 12.1 Å². The molecule has 2 heterocycles. The van der Waals surface area contributed by atoms with Crippen LogP contribution in [0, 0.1) is 13.8 Å². The molecule has 1 aromatic carbocycles. The molecule has 2 aromatic rings. The van der Waals surface area contributed by atoms with E-state index in [9.17, 15) is 14.4 Å². The third-order valence-corrected chi connectivity index (χ3v) is 5.12. The van der Waals surface area contributed by atoms with Crippen molar-refractivity contribution >= 4 is 23.3 Å². The van der Waals surface area contributed by atoms with Gasteiger partial charge in [0.15, 0.2) is 12.7 Å². The number of fused-ring (bicyclic) bond motifs is 1. The molecular formula is C21H22N2O5. The molecule has 1 aromatic heterocycles. The normalized spacial score (nSPS) is 18.1. The van der Waals surface area contributed by atoms with Crippen molar-refractivity contribution in [3.63, 3.8) is 0 Å². The molecule has 1 aliphatic heterocycles. The van der Waals surface area contributed by atoms with Gasteiger partial charge < -0.3 is 19.4 Å². The third kappa shape index (κ3) is 3.52. The van der Waals surface area contributed by atoms with E-state index in [2.05, 4.69) is 9.88 Å². The Kier molecular flexibility index (Phi) is 4.66. The van der Waals surface area contributed by atoms with Crippen molar-refractivity contribution in [3.05, 3.63) is 47.3 Å². The van der Waals surface area contributed by atoms with Crippen molar-refractivity contribution in [1.82, 2.24) is 4.57 Å². The second-order valence-corrected chi connectivity index (χ2v) is 7.27. The van der Waals surface area contributed by atoms with Crippen LogP contribution in [0.3, 0.4) is 0 Å². The van der Waals surface area contributed by atoms with Crippen LogP contribution in [0.5, 0.6) is 5.75 Å². The van der Waals surface area contributed by atoms with Gasteiger partial charge in [-0.3, -0.25) is 14.4 Å². The lowest BCUT2D eigenvalue weighted by Gasteiger charge is -2.25. The largest absolute Gasteiger partial charge is 0.478 e. The van der Waals surface area contributed by atoms with E-state index in [4.69, 9.17) is 9.47 Å². The van der Waals surface area contributed by atoms with Crippen molar-refractivity contribution in [2.24, 2.45) is 0 Å². The second kappa shape index (κ2) is 7.14. The summed E-state index contributed by atoms with van der Waals surface area (Å²) in [7, 11) is 0. The van der Waals surface area contributed by atoms with Crippen LogP contribution in [0.25, 0.3) is 0 Å². The van der Waals surface area contributed by atoms with Gasteiger partial charge in [-0.15, -0.1) is 0 Å². The quantitative estimate of drug-likeness (QED) is 0.613. The number of hydrogen-bond donors (Lipinski definition) is 1. The average Bonchev–Trinajstić information content (AvgIpc) is 3.45. The van der Waals surface area contributed by atoms with E-state index in [1.54, 1.807) is 24.3 Å². The Hall–Kier alpha value is -3.09. The summed E-state index contributed by atoms with van der Waals surface area (Å²) in [6, 6.07) is 9.32. The number of amides is 1. The van der Waals surface area contributed by atoms with Crippen molar-refractivity contribution in [2.75, 3.05) is 11.9 Å². The van der Waals surface area contributed by atoms with Crippen LogP contribution in [0.2, 0.25) is 0 Å². The molecule has 2 aliphatic rings. The highest BCUT2D eigenvalue weighted by Crippen LogP contribution is 2.38. The molecule has 0 bridgehead atoms. The number of ketones is 1. The standard InChI is InChI=1S/C21H22N2O5/c1-12-9-15(13(2)23(12)14-7-8-14)17(24)11-27-20(25)10-19-21(26)22-16-5-3-4-6-18(16)28-19/h3-6,9,14,19H,7-8,10-11H2,1-2H3,(H,22,26)/t19-/m1/s1. The molecule has 1 amide bonds. The predicted molar refractivity (Wildman–Crippen MR) is 102 cm³/mol. The van der Waals surface area contributed by atoms with E-state index in [0.29, 0.717) is 23.0 Å². The topological polar surface area (TPSA) is 86.6 Å². The van der Waals surface area contributed by atoms with Gasteiger partial charge in [0.1, 0.15) is 5.75 Å². The summed E-state index contributed by atoms with van der Waals surface area (Å²) in [5, 5.41) is 2.70. The SMILES string of the molecule is Cc1cc(C(=O)COC(=O)C[C@H]2Oc3ccccc3NC2=O)c(C)n1C1CC1. The Morgan fingerprint density at radius 2 is 2.00 bits per heavy atom. The maximum Gasteiger partial charge on any atom is 0.310 e. The van der Waals surface area contributed by atoms with Crippen LogP contribution in [0.4, 0.5) is 5.69 Å². The minimum atomic E-state index is -0.975. The Morgan fingerprint density at radius 1 is 1.25 bits per heavy atom. The van der Waals surface area contributed by atoms with E-state index in [-0.39, 0.29) is 18.8 Å². The highest BCUT2D eigenvalue weighted by atomic mass is 16.5. The van der Waals surface area contributed by atoms with E-state index in [0.717, 1.165) is 24.2 Å². The molecule has 1 atom stereocenters. The number of para-hydroxylation sites is 2. The summed E-state index contributed by atoms with van der Waals surface area (Å²) < 4.78 is 12.9. The number of benzene rings is 1. The maximum atomic E-state index is 12.5. The molecular weight excluding hydrogens is 360 g/mol. The highest BCUT2D eigenvalue weighted by Gasteiger charge is 2.31. The van der Waals surface area contributed by atoms with Crippen molar-refractivity contribution in [2.45, 2.75) is 45.3 Å². The summed E-state index contributed by atoms with van der Waals surface area (Å²) >= 11 is 0. The first-order valence-electron chi connectivity index (χ1n) is 9.38. The third-order valence-electron chi connectivity index (χ3n) is 5.12. The highest BCUT2D eigenvalue weighted by molar-refractivity contribution is 6.01. The Balaban J connectivity index is 1.34. The molecule has 28 heavy (non-hydrogen) atoms. The number of carbonyl (C=O) groups excluding carboxylic acids is 3. The molecule has 4 rings (SSSR count).